The number of hydrogen-bond donors (Lipinski definition) is 0. The van der Waals surface area contributed by atoms with E-state index in [1.54, 1.807) is 0 Å². The molecule has 0 aliphatic rings. The van der Waals surface area contributed by atoms with Crippen molar-refractivity contribution in [1.29, 1.82) is 0 Å². The maximum Gasteiger partial charge on any atom is 1.00 e. The quantitative estimate of drug-likeness (QED) is 0.490. The number of hydrogen-bond acceptors (Lipinski definition) is 0. The molecule has 0 bridgehead atoms. The Labute approximate surface area is 77.7 Å². The molecule has 0 aromatic rings. The Kier molecular flexibility index (Phi) is 8.98. The van der Waals surface area contributed by atoms with Crippen LogP contribution in [0.25, 0.3) is 0 Å². The Morgan fingerprint density at radius 2 is 0.833 bits per heavy atom. The normalized spacial score (nSPS) is 10.0. The standard InChI is InChI=1S/4ClH.Ga.Na/h4*1H;;/q;;;;+3;+1/p-4. The molecule has 0 nitrogen and oxygen atoms in total. The smallest absolute Gasteiger partial charge is 1.00 e. The summed E-state index contributed by atoms with van der Waals surface area (Å²) >= 11 is -3.24. The fourth-order valence-electron chi connectivity index (χ4n) is 0. The minimum Gasteiger partial charge on any atom is 1.00 e. The Balaban J connectivity index is 0. The molecule has 0 aromatic heterocycles. The molecule has 0 saturated carbocycles. The second-order valence-electron chi connectivity index (χ2n) is 0.495. The molecule has 0 unspecified atom stereocenters. The molecule has 0 amide bonds. The summed E-state index contributed by atoms with van der Waals surface area (Å²) in [5.41, 5.74) is 0. The first-order valence-electron chi connectivity index (χ1n) is 0.873. The molecule has 0 aliphatic carbocycles. The van der Waals surface area contributed by atoms with E-state index in [0.717, 1.165) is 0 Å². The van der Waals surface area contributed by atoms with E-state index in [1.807, 2.05) is 0 Å². The van der Waals surface area contributed by atoms with Crippen LogP contribution in [0.2, 0.25) is 0 Å². The van der Waals surface area contributed by atoms with E-state index in [0.29, 0.717) is 0 Å². The van der Waals surface area contributed by atoms with Gasteiger partial charge in [0.05, 0.1) is 0 Å². The molecule has 0 spiro atoms. The summed E-state index contributed by atoms with van der Waals surface area (Å²) in [4.78, 5) is 0. The van der Waals surface area contributed by atoms with E-state index < -0.39 is 11.0 Å². The van der Waals surface area contributed by atoms with Crippen LogP contribution in [0.3, 0.4) is 0 Å². The maximum absolute atomic E-state index is 5.03. The second kappa shape index (κ2) is 4.65. The minimum absolute atomic E-state index is 0. The molecule has 0 radical (unpaired) electrons. The zero-order chi connectivity index (χ0) is 4.50. The molecule has 0 saturated heterocycles. The zero-order valence-electron chi connectivity index (χ0n) is 3.09. The first kappa shape index (κ1) is 11.6. The van der Waals surface area contributed by atoms with E-state index in [9.17, 15) is 0 Å². The van der Waals surface area contributed by atoms with E-state index in [1.165, 1.54) is 0 Å². The van der Waals surface area contributed by atoms with E-state index in [-0.39, 0.29) is 29.6 Å². The molecule has 0 rings (SSSR count). The molecular weight excluding hydrogens is 235 g/mol. The first-order chi connectivity index (χ1) is 2.00. The number of rotatable bonds is 0. The molecule has 0 N–H and O–H groups in total. The van der Waals surface area contributed by atoms with Gasteiger partial charge in [0.15, 0.2) is 0 Å². The summed E-state index contributed by atoms with van der Waals surface area (Å²) in [7, 11) is 20.1. The van der Waals surface area contributed by atoms with Crippen LogP contribution in [0.4, 0.5) is 0 Å². The first-order valence-corrected chi connectivity index (χ1v) is 13.6. The van der Waals surface area contributed by atoms with Gasteiger partial charge in [0.2, 0.25) is 0 Å². The molecule has 6 heteroatoms. The van der Waals surface area contributed by atoms with Gasteiger partial charge in [0, 0.05) is 0 Å². The summed E-state index contributed by atoms with van der Waals surface area (Å²) < 4.78 is 0. The van der Waals surface area contributed by atoms with Crippen LogP contribution in [0, 0.1) is 0 Å². The fraction of sp³-hybridized carbons (Fsp3) is 0. The molecule has 0 aromatic carbocycles. The van der Waals surface area contributed by atoms with Gasteiger partial charge in [-0.3, -0.25) is 0 Å². The van der Waals surface area contributed by atoms with E-state index >= 15 is 0 Å². The predicted octanol–water partition coefficient (Wildman–Crippen LogP) is -0.619. The molecular formula is Cl4GaNa. The Morgan fingerprint density at radius 3 is 0.833 bits per heavy atom. The summed E-state index contributed by atoms with van der Waals surface area (Å²) in [5.74, 6) is 0. The third-order valence-corrected chi connectivity index (χ3v) is 0. The maximum atomic E-state index is 5.03. The topological polar surface area (TPSA) is 0 Å². The van der Waals surface area contributed by atoms with Crippen molar-refractivity contribution < 1.29 is 29.6 Å². The van der Waals surface area contributed by atoms with Crippen LogP contribution in [0.15, 0.2) is 0 Å². The Hall–Kier alpha value is 2.80. The van der Waals surface area contributed by atoms with Gasteiger partial charge in [-0.15, -0.1) is 0 Å². The van der Waals surface area contributed by atoms with Crippen molar-refractivity contribution in [1.82, 2.24) is 0 Å². The van der Waals surface area contributed by atoms with Crippen LogP contribution in [0.1, 0.15) is 0 Å². The zero-order valence-corrected chi connectivity index (χ0v) is 10.5. The third kappa shape index (κ3) is 29.2. The Bertz CT molecular complexity index is 23.0. The van der Waals surface area contributed by atoms with Gasteiger partial charge >= 0.3 is 79.1 Å². The monoisotopic (exact) mass is 232 g/mol. The molecule has 0 aliphatic heterocycles. The summed E-state index contributed by atoms with van der Waals surface area (Å²) in [6.07, 6.45) is 0. The van der Waals surface area contributed by atoms with Crippen LogP contribution < -0.4 is 29.6 Å². The second-order valence-corrected chi connectivity index (χ2v) is 23.1. The van der Waals surface area contributed by atoms with Crippen molar-refractivity contribution in [3.05, 3.63) is 0 Å². The van der Waals surface area contributed by atoms with Crippen LogP contribution in [-0.2, 0) is 0 Å². The van der Waals surface area contributed by atoms with Crippen LogP contribution >= 0.6 is 38.6 Å². The van der Waals surface area contributed by atoms with Gasteiger partial charge in [0.25, 0.3) is 0 Å². The average Bonchev–Trinajstić information content (AvgIpc) is 0.722. The van der Waals surface area contributed by atoms with Crippen molar-refractivity contribution in [2.45, 2.75) is 0 Å². The van der Waals surface area contributed by atoms with Gasteiger partial charge in [-0.1, -0.05) is 0 Å². The predicted molar refractivity (Wildman–Crippen MR) is 29.2 cm³/mol. The molecule has 0 fully saturated rings. The van der Waals surface area contributed by atoms with Gasteiger partial charge in [0.1, 0.15) is 0 Å². The van der Waals surface area contributed by atoms with Crippen molar-refractivity contribution in [2.24, 2.45) is 0 Å². The molecule has 0 atom stereocenters. The van der Waals surface area contributed by atoms with Crippen LogP contribution in [-0.4, -0.2) is 11.0 Å². The molecule has 6 heavy (non-hydrogen) atoms. The van der Waals surface area contributed by atoms with E-state index in [4.69, 9.17) is 38.6 Å². The van der Waals surface area contributed by atoms with Crippen molar-refractivity contribution in [3.63, 3.8) is 0 Å². The summed E-state index contributed by atoms with van der Waals surface area (Å²) in [6.45, 7) is 0. The molecule has 0 heterocycles. The Morgan fingerprint density at radius 1 is 0.833 bits per heavy atom. The average molecular weight is 235 g/mol. The van der Waals surface area contributed by atoms with Gasteiger partial charge in [-0.05, 0) is 0 Å². The van der Waals surface area contributed by atoms with Crippen molar-refractivity contribution >= 4 is 49.6 Å². The molecule has 32 valence electrons. The van der Waals surface area contributed by atoms with Crippen molar-refractivity contribution in [3.8, 4) is 0 Å². The largest absolute Gasteiger partial charge is 1.00 e. The van der Waals surface area contributed by atoms with E-state index in [2.05, 4.69) is 0 Å². The minimum atomic E-state index is -3.24. The number of halogens is 4. The SMILES string of the molecule is [Cl][Ga-]([Cl])([Cl])[Cl].[Na+]. The van der Waals surface area contributed by atoms with Crippen molar-refractivity contribution in [2.75, 3.05) is 0 Å². The summed E-state index contributed by atoms with van der Waals surface area (Å²) in [5, 5.41) is 0. The third-order valence-electron chi connectivity index (χ3n) is 0. The van der Waals surface area contributed by atoms with Gasteiger partial charge in [-0.2, -0.15) is 0 Å². The fourth-order valence-corrected chi connectivity index (χ4v) is 0. The van der Waals surface area contributed by atoms with Crippen LogP contribution in [0.5, 0.6) is 0 Å². The van der Waals surface area contributed by atoms with Gasteiger partial charge < -0.3 is 0 Å². The summed E-state index contributed by atoms with van der Waals surface area (Å²) in [6, 6.07) is 0. The van der Waals surface area contributed by atoms with Gasteiger partial charge in [-0.25, -0.2) is 0 Å².